The molecule has 9 nitrogen and oxygen atoms in total. The molecule has 1 aromatic carbocycles. The number of methoxy groups -OCH3 is 1. The highest BCUT2D eigenvalue weighted by atomic mass is 16.5. The van der Waals surface area contributed by atoms with Crippen molar-refractivity contribution < 1.29 is 23.7 Å². The van der Waals surface area contributed by atoms with Crippen LogP contribution >= 0.6 is 0 Å². The number of aliphatic imine (C=N–C) groups is 1. The molecule has 0 aliphatic carbocycles. The lowest BCUT2D eigenvalue weighted by Gasteiger charge is -2.16. The SMILES string of the molecule is CNC(=O)c1ccc(Oc2cc(O[C@@H](C)COC)cc(-c3ccc(C4=NC[C@H](C)O4)[nH]3)c2)cn1. The number of hydrogen-bond acceptors (Lipinski definition) is 7. The number of carbonyl (C=O) groups excluding carboxylic acids is 1. The van der Waals surface area contributed by atoms with Gasteiger partial charge in [-0.2, -0.15) is 0 Å². The fourth-order valence-electron chi connectivity index (χ4n) is 3.51. The summed E-state index contributed by atoms with van der Waals surface area (Å²) in [7, 11) is 3.19. The van der Waals surface area contributed by atoms with Crippen molar-refractivity contribution in [3.8, 4) is 28.5 Å². The van der Waals surface area contributed by atoms with Crippen molar-refractivity contribution in [1.82, 2.24) is 15.3 Å². The quantitative estimate of drug-likeness (QED) is 0.499. The number of rotatable bonds is 9. The van der Waals surface area contributed by atoms with Gasteiger partial charge in [-0.15, -0.1) is 0 Å². The van der Waals surface area contributed by atoms with Gasteiger partial charge in [0.15, 0.2) is 0 Å². The normalized spacial score (nSPS) is 15.9. The van der Waals surface area contributed by atoms with Gasteiger partial charge in [0.25, 0.3) is 5.91 Å². The number of benzene rings is 1. The fourth-order valence-corrected chi connectivity index (χ4v) is 3.51. The summed E-state index contributed by atoms with van der Waals surface area (Å²) in [4.78, 5) is 23.7. The van der Waals surface area contributed by atoms with E-state index in [-0.39, 0.29) is 18.1 Å². The van der Waals surface area contributed by atoms with E-state index in [0.717, 1.165) is 17.0 Å². The van der Waals surface area contributed by atoms with Gasteiger partial charge >= 0.3 is 0 Å². The van der Waals surface area contributed by atoms with Crippen molar-refractivity contribution in [2.75, 3.05) is 27.3 Å². The number of amides is 1. The lowest BCUT2D eigenvalue weighted by molar-refractivity contribution is 0.0920. The van der Waals surface area contributed by atoms with Crippen LogP contribution in [-0.2, 0) is 9.47 Å². The van der Waals surface area contributed by atoms with Gasteiger partial charge in [-0.3, -0.25) is 4.79 Å². The van der Waals surface area contributed by atoms with Gasteiger partial charge in [-0.25, -0.2) is 9.98 Å². The topological polar surface area (TPSA) is 107 Å². The van der Waals surface area contributed by atoms with Crippen LogP contribution in [0.3, 0.4) is 0 Å². The Balaban J connectivity index is 1.62. The van der Waals surface area contributed by atoms with Crippen molar-refractivity contribution >= 4 is 11.8 Å². The first kappa shape index (κ1) is 23.3. The third-order valence-corrected chi connectivity index (χ3v) is 5.08. The van der Waals surface area contributed by atoms with E-state index in [0.29, 0.717) is 42.0 Å². The van der Waals surface area contributed by atoms with Crippen LogP contribution in [-0.4, -0.2) is 61.3 Å². The van der Waals surface area contributed by atoms with Gasteiger partial charge in [0.2, 0.25) is 5.90 Å². The Morgan fingerprint density at radius 3 is 2.65 bits per heavy atom. The lowest BCUT2D eigenvalue weighted by Crippen LogP contribution is -2.18. The molecule has 0 unspecified atom stereocenters. The second-order valence-electron chi connectivity index (χ2n) is 8.00. The Morgan fingerprint density at radius 1 is 1.18 bits per heavy atom. The van der Waals surface area contributed by atoms with E-state index in [1.807, 2.05) is 38.1 Å². The number of aromatic nitrogens is 2. The molecule has 178 valence electrons. The van der Waals surface area contributed by atoms with Crippen LogP contribution in [0.2, 0.25) is 0 Å². The van der Waals surface area contributed by atoms with Gasteiger partial charge < -0.3 is 29.2 Å². The second kappa shape index (κ2) is 10.4. The summed E-state index contributed by atoms with van der Waals surface area (Å²) in [5.74, 6) is 2.04. The molecule has 9 heteroatoms. The van der Waals surface area contributed by atoms with Crippen molar-refractivity contribution in [3.05, 3.63) is 60.0 Å². The van der Waals surface area contributed by atoms with Crippen LogP contribution in [0, 0.1) is 0 Å². The highest BCUT2D eigenvalue weighted by Crippen LogP contribution is 2.33. The number of carbonyl (C=O) groups is 1. The maximum Gasteiger partial charge on any atom is 0.269 e. The molecule has 0 radical (unpaired) electrons. The zero-order valence-corrected chi connectivity index (χ0v) is 19.6. The molecule has 0 fully saturated rings. The summed E-state index contributed by atoms with van der Waals surface area (Å²) in [6.45, 7) is 5.02. The van der Waals surface area contributed by atoms with E-state index in [2.05, 4.69) is 20.3 Å². The molecule has 3 heterocycles. The maximum atomic E-state index is 11.7. The zero-order valence-electron chi connectivity index (χ0n) is 19.6. The Hall–Kier alpha value is -3.85. The van der Waals surface area contributed by atoms with E-state index in [1.165, 1.54) is 6.20 Å². The zero-order chi connectivity index (χ0) is 24.1. The first-order valence-corrected chi connectivity index (χ1v) is 11.0. The van der Waals surface area contributed by atoms with Gasteiger partial charge in [0.05, 0.1) is 19.3 Å². The fraction of sp³-hybridized carbons (Fsp3) is 0.320. The second-order valence-corrected chi connectivity index (χ2v) is 8.00. The Morgan fingerprint density at radius 2 is 1.97 bits per heavy atom. The van der Waals surface area contributed by atoms with Crippen LogP contribution in [0.5, 0.6) is 17.2 Å². The number of ether oxygens (including phenoxy) is 4. The number of pyridine rings is 1. The van der Waals surface area contributed by atoms with Gasteiger partial charge in [0.1, 0.15) is 40.8 Å². The van der Waals surface area contributed by atoms with Gasteiger partial charge in [-0.1, -0.05) is 0 Å². The first-order valence-electron chi connectivity index (χ1n) is 11.0. The number of aromatic amines is 1. The summed E-state index contributed by atoms with van der Waals surface area (Å²) in [6.07, 6.45) is 1.43. The molecule has 3 aromatic rings. The molecule has 1 amide bonds. The minimum absolute atomic E-state index is 0.0733. The predicted octanol–water partition coefficient (Wildman–Crippen LogP) is 3.81. The molecule has 0 saturated heterocycles. The molecule has 0 spiro atoms. The monoisotopic (exact) mass is 464 g/mol. The molecular formula is C25H28N4O5. The standard InChI is InChI=1S/C25H28N4O5/c1-15-12-28-25(33-15)23-8-7-21(29-23)17-9-19(32-16(2)14-31-4)11-20(10-17)34-18-5-6-22(27-13-18)24(30)26-3/h5-11,13,15-16,29H,12,14H2,1-4H3,(H,26,30)/t15-,16-/m0/s1. The van der Waals surface area contributed by atoms with Crippen LogP contribution in [0.4, 0.5) is 0 Å². The Labute approximate surface area is 198 Å². The molecule has 1 aliphatic rings. The van der Waals surface area contributed by atoms with Gasteiger partial charge in [0, 0.05) is 31.5 Å². The summed E-state index contributed by atoms with van der Waals surface area (Å²) >= 11 is 0. The van der Waals surface area contributed by atoms with Crippen molar-refractivity contribution in [3.63, 3.8) is 0 Å². The molecule has 2 N–H and O–H groups in total. The molecule has 2 atom stereocenters. The van der Waals surface area contributed by atoms with Crippen molar-refractivity contribution in [2.24, 2.45) is 4.99 Å². The van der Waals surface area contributed by atoms with E-state index >= 15 is 0 Å². The summed E-state index contributed by atoms with van der Waals surface area (Å²) in [6, 6.07) is 12.8. The van der Waals surface area contributed by atoms with Crippen LogP contribution in [0.1, 0.15) is 30.0 Å². The maximum absolute atomic E-state index is 11.7. The summed E-state index contributed by atoms with van der Waals surface area (Å²) in [5.41, 5.74) is 2.86. The molecule has 2 aromatic heterocycles. The van der Waals surface area contributed by atoms with Gasteiger partial charge in [-0.05, 0) is 50.2 Å². The first-order chi connectivity index (χ1) is 16.4. The van der Waals surface area contributed by atoms with Crippen molar-refractivity contribution in [1.29, 1.82) is 0 Å². The highest BCUT2D eigenvalue weighted by Gasteiger charge is 2.19. The number of hydrogen-bond donors (Lipinski definition) is 2. The average Bonchev–Trinajstić information content (AvgIpc) is 3.48. The number of nitrogens with zero attached hydrogens (tertiary/aromatic N) is 2. The molecule has 0 bridgehead atoms. The minimum atomic E-state index is -0.260. The van der Waals surface area contributed by atoms with Crippen LogP contribution in [0.15, 0.2) is 53.7 Å². The highest BCUT2D eigenvalue weighted by molar-refractivity contribution is 5.94. The molecule has 0 saturated carbocycles. The van der Waals surface area contributed by atoms with E-state index in [1.54, 1.807) is 32.4 Å². The third-order valence-electron chi connectivity index (χ3n) is 5.08. The lowest BCUT2D eigenvalue weighted by atomic mass is 10.1. The predicted molar refractivity (Wildman–Crippen MR) is 128 cm³/mol. The molecular weight excluding hydrogens is 436 g/mol. The smallest absolute Gasteiger partial charge is 0.269 e. The van der Waals surface area contributed by atoms with E-state index in [9.17, 15) is 4.79 Å². The molecule has 4 rings (SSSR count). The number of H-pyrrole nitrogens is 1. The molecule has 1 aliphatic heterocycles. The van der Waals surface area contributed by atoms with Crippen LogP contribution < -0.4 is 14.8 Å². The van der Waals surface area contributed by atoms with Crippen LogP contribution in [0.25, 0.3) is 11.3 Å². The number of nitrogens with one attached hydrogen (secondary N) is 2. The largest absolute Gasteiger partial charge is 0.488 e. The third kappa shape index (κ3) is 5.55. The summed E-state index contributed by atoms with van der Waals surface area (Å²) < 4.78 is 23.0. The van der Waals surface area contributed by atoms with E-state index < -0.39 is 0 Å². The Bertz CT molecular complexity index is 1170. The van der Waals surface area contributed by atoms with Crippen molar-refractivity contribution in [2.45, 2.75) is 26.1 Å². The summed E-state index contributed by atoms with van der Waals surface area (Å²) in [5, 5.41) is 2.55. The average molecular weight is 465 g/mol. The molecule has 34 heavy (non-hydrogen) atoms. The minimum Gasteiger partial charge on any atom is -0.488 e. The van der Waals surface area contributed by atoms with E-state index in [4.69, 9.17) is 18.9 Å². The Kier molecular flexibility index (Phi) is 7.12.